The van der Waals surface area contributed by atoms with Crippen LogP contribution >= 0.6 is 0 Å². The van der Waals surface area contributed by atoms with Gasteiger partial charge in [0.05, 0.1) is 5.56 Å². The Morgan fingerprint density at radius 1 is 1.04 bits per heavy atom. The summed E-state index contributed by atoms with van der Waals surface area (Å²) in [6.07, 6.45) is 0. The van der Waals surface area contributed by atoms with Gasteiger partial charge >= 0.3 is 11.6 Å². The van der Waals surface area contributed by atoms with E-state index < -0.39 is 11.6 Å². The van der Waals surface area contributed by atoms with Gasteiger partial charge in [0.2, 0.25) is 0 Å². The van der Waals surface area contributed by atoms with Crippen LogP contribution < -0.4 is 10.4 Å². The molecule has 4 nitrogen and oxygen atoms in total. The minimum absolute atomic E-state index is 0.342. The molecule has 1 aromatic heterocycles. The molecule has 24 heavy (non-hydrogen) atoms. The topological polar surface area (TPSA) is 56.5 Å². The Morgan fingerprint density at radius 2 is 1.75 bits per heavy atom. The van der Waals surface area contributed by atoms with Gasteiger partial charge in [0.15, 0.2) is 0 Å². The van der Waals surface area contributed by atoms with Crippen LogP contribution in [0.3, 0.4) is 0 Å². The van der Waals surface area contributed by atoms with Crippen molar-refractivity contribution in [2.45, 2.75) is 26.7 Å². The second-order valence-electron chi connectivity index (χ2n) is 6.07. The number of aryl methyl sites for hydroxylation is 1. The van der Waals surface area contributed by atoms with E-state index in [9.17, 15) is 9.59 Å². The van der Waals surface area contributed by atoms with Gasteiger partial charge in [-0.2, -0.15) is 0 Å². The number of esters is 1. The van der Waals surface area contributed by atoms with Crippen LogP contribution in [0.25, 0.3) is 11.0 Å². The van der Waals surface area contributed by atoms with Crippen LogP contribution in [0.15, 0.2) is 57.7 Å². The fourth-order valence-corrected chi connectivity index (χ4v) is 2.54. The summed E-state index contributed by atoms with van der Waals surface area (Å²) < 4.78 is 10.6. The smallest absolute Gasteiger partial charge is 0.343 e. The first-order valence-electron chi connectivity index (χ1n) is 7.80. The van der Waals surface area contributed by atoms with E-state index in [-0.39, 0.29) is 0 Å². The van der Waals surface area contributed by atoms with Crippen molar-refractivity contribution in [3.8, 4) is 5.75 Å². The molecule has 0 atom stereocenters. The van der Waals surface area contributed by atoms with E-state index in [4.69, 9.17) is 9.15 Å². The summed E-state index contributed by atoms with van der Waals surface area (Å²) in [5, 5.41) is 0.815. The second-order valence-corrected chi connectivity index (χ2v) is 6.07. The van der Waals surface area contributed by atoms with Crippen molar-refractivity contribution < 1.29 is 13.9 Å². The largest absolute Gasteiger partial charge is 0.423 e. The van der Waals surface area contributed by atoms with E-state index in [1.807, 2.05) is 19.1 Å². The maximum atomic E-state index is 12.3. The highest BCUT2D eigenvalue weighted by molar-refractivity contribution is 5.91. The van der Waals surface area contributed by atoms with Gasteiger partial charge in [-0.15, -0.1) is 0 Å². The average molecular weight is 322 g/mol. The molecule has 0 fully saturated rings. The molecule has 0 aliphatic heterocycles. The lowest BCUT2D eigenvalue weighted by Crippen LogP contribution is -2.08. The van der Waals surface area contributed by atoms with E-state index >= 15 is 0 Å². The predicted molar refractivity (Wildman–Crippen MR) is 92.7 cm³/mol. The normalized spacial score (nSPS) is 11.0. The molecule has 2 aromatic carbocycles. The third-order valence-corrected chi connectivity index (χ3v) is 3.95. The summed E-state index contributed by atoms with van der Waals surface area (Å²) >= 11 is 0. The van der Waals surface area contributed by atoms with E-state index in [2.05, 4.69) is 13.8 Å². The van der Waals surface area contributed by atoms with E-state index in [1.54, 1.807) is 30.3 Å². The van der Waals surface area contributed by atoms with Crippen LogP contribution in [0, 0.1) is 6.92 Å². The first kappa shape index (κ1) is 16.0. The standard InChI is InChI=1S/C20H18O4/c1-12(2)14-4-6-15(7-5-14)20(22)23-16-8-9-17-13(3)10-19(21)24-18(17)11-16/h4-12H,1-3H3. The maximum Gasteiger partial charge on any atom is 0.343 e. The molecular formula is C20H18O4. The third-order valence-electron chi connectivity index (χ3n) is 3.95. The number of hydrogen-bond acceptors (Lipinski definition) is 4. The van der Waals surface area contributed by atoms with Gasteiger partial charge in [-0.05, 0) is 48.2 Å². The Hall–Kier alpha value is -2.88. The minimum atomic E-state index is -0.445. The molecule has 0 unspecified atom stereocenters. The summed E-state index contributed by atoms with van der Waals surface area (Å²) in [6.45, 7) is 6.03. The first-order chi connectivity index (χ1) is 11.4. The minimum Gasteiger partial charge on any atom is -0.423 e. The average Bonchev–Trinajstić information content (AvgIpc) is 2.54. The lowest BCUT2D eigenvalue weighted by molar-refractivity contribution is 0.0735. The quantitative estimate of drug-likeness (QED) is 0.406. The molecule has 0 N–H and O–H groups in total. The van der Waals surface area contributed by atoms with E-state index in [1.165, 1.54) is 6.07 Å². The van der Waals surface area contributed by atoms with Crippen LogP contribution in [0.4, 0.5) is 0 Å². The Labute approximate surface area is 139 Å². The zero-order chi connectivity index (χ0) is 17.3. The summed E-state index contributed by atoms with van der Waals surface area (Å²) in [7, 11) is 0. The molecule has 3 rings (SSSR count). The number of benzene rings is 2. The summed E-state index contributed by atoms with van der Waals surface area (Å²) in [5.41, 5.74) is 2.44. The van der Waals surface area contributed by atoms with Gasteiger partial charge in [0.25, 0.3) is 0 Å². The molecule has 1 heterocycles. The van der Waals surface area contributed by atoms with Crippen molar-refractivity contribution in [2.75, 3.05) is 0 Å². The molecule has 0 aliphatic carbocycles. The van der Waals surface area contributed by atoms with Gasteiger partial charge < -0.3 is 9.15 Å². The van der Waals surface area contributed by atoms with Gasteiger partial charge in [0.1, 0.15) is 11.3 Å². The van der Waals surface area contributed by atoms with Gasteiger partial charge in [-0.25, -0.2) is 9.59 Å². The fraction of sp³-hybridized carbons (Fsp3) is 0.200. The molecular weight excluding hydrogens is 304 g/mol. The number of ether oxygens (including phenoxy) is 1. The number of rotatable bonds is 3. The molecule has 122 valence electrons. The van der Waals surface area contributed by atoms with Gasteiger partial charge in [-0.3, -0.25) is 0 Å². The predicted octanol–water partition coefficient (Wildman–Crippen LogP) is 4.44. The van der Waals surface area contributed by atoms with Crippen LogP contribution in [-0.4, -0.2) is 5.97 Å². The lowest BCUT2D eigenvalue weighted by atomic mass is 10.0. The van der Waals surface area contributed by atoms with Crippen LogP contribution in [-0.2, 0) is 0 Å². The van der Waals surface area contributed by atoms with Crippen molar-refractivity contribution in [1.82, 2.24) is 0 Å². The van der Waals surface area contributed by atoms with Crippen LogP contribution in [0.2, 0.25) is 0 Å². The molecule has 0 aliphatic rings. The molecule has 0 saturated carbocycles. The van der Waals surface area contributed by atoms with Crippen LogP contribution in [0.1, 0.15) is 41.3 Å². The van der Waals surface area contributed by atoms with Crippen LogP contribution in [0.5, 0.6) is 5.75 Å². The van der Waals surface area contributed by atoms with Crippen molar-refractivity contribution in [3.63, 3.8) is 0 Å². The Balaban J connectivity index is 1.86. The highest BCUT2D eigenvalue weighted by atomic mass is 16.5. The fourth-order valence-electron chi connectivity index (χ4n) is 2.54. The Kier molecular flexibility index (Phi) is 4.21. The molecule has 0 radical (unpaired) electrons. The Morgan fingerprint density at radius 3 is 2.42 bits per heavy atom. The zero-order valence-corrected chi connectivity index (χ0v) is 13.8. The second kappa shape index (κ2) is 6.32. The number of carbonyl (C=O) groups is 1. The summed E-state index contributed by atoms with van der Waals surface area (Å²) in [5.74, 6) is 0.301. The SMILES string of the molecule is Cc1cc(=O)oc2cc(OC(=O)c3ccc(C(C)C)cc3)ccc12. The molecule has 0 amide bonds. The maximum absolute atomic E-state index is 12.3. The molecule has 0 spiro atoms. The first-order valence-corrected chi connectivity index (χ1v) is 7.80. The van der Waals surface area contributed by atoms with Crippen molar-refractivity contribution in [1.29, 1.82) is 0 Å². The molecule has 4 heteroatoms. The highest BCUT2D eigenvalue weighted by Crippen LogP contribution is 2.23. The van der Waals surface area contributed by atoms with Gasteiger partial charge in [0, 0.05) is 17.5 Å². The van der Waals surface area contributed by atoms with Crippen molar-refractivity contribution in [3.05, 3.63) is 75.6 Å². The van der Waals surface area contributed by atoms with E-state index in [0.29, 0.717) is 22.8 Å². The monoisotopic (exact) mass is 322 g/mol. The van der Waals surface area contributed by atoms with E-state index in [0.717, 1.165) is 16.5 Å². The lowest BCUT2D eigenvalue weighted by Gasteiger charge is -2.08. The number of carbonyl (C=O) groups excluding carboxylic acids is 1. The third kappa shape index (κ3) is 3.23. The van der Waals surface area contributed by atoms with Crippen molar-refractivity contribution >= 4 is 16.9 Å². The molecule has 0 saturated heterocycles. The molecule has 0 bridgehead atoms. The zero-order valence-electron chi connectivity index (χ0n) is 13.8. The number of fused-ring (bicyclic) bond motifs is 1. The molecule has 3 aromatic rings. The Bertz CT molecular complexity index is 950. The van der Waals surface area contributed by atoms with Gasteiger partial charge in [-0.1, -0.05) is 26.0 Å². The van der Waals surface area contributed by atoms with Crippen molar-refractivity contribution in [2.24, 2.45) is 0 Å². The summed E-state index contributed by atoms with van der Waals surface area (Å²) in [6, 6.07) is 13.8. The number of hydrogen-bond donors (Lipinski definition) is 0. The summed E-state index contributed by atoms with van der Waals surface area (Å²) in [4.78, 5) is 23.7. The highest BCUT2D eigenvalue weighted by Gasteiger charge is 2.11.